The largest absolute Gasteiger partial charge is 0.497 e. The number of carbonyl (C=O) groups is 1. The average molecular weight is 469 g/mol. The molecular formula is C25H20N6O2S. The molecule has 0 bridgehead atoms. The summed E-state index contributed by atoms with van der Waals surface area (Å²) in [5, 5.41) is 7.32. The molecule has 0 atom stereocenters. The van der Waals surface area contributed by atoms with Crippen molar-refractivity contribution in [1.29, 1.82) is 0 Å². The third-order valence-corrected chi connectivity index (χ3v) is 6.13. The molecule has 3 aromatic heterocycles. The van der Waals surface area contributed by atoms with E-state index in [9.17, 15) is 4.79 Å². The summed E-state index contributed by atoms with van der Waals surface area (Å²) in [4.78, 5) is 31.5. The number of amides is 1. The van der Waals surface area contributed by atoms with Gasteiger partial charge in [-0.05, 0) is 30.3 Å². The average Bonchev–Trinajstić information content (AvgIpc) is 3.32. The van der Waals surface area contributed by atoms with Crippen LogP contribution in [0.1, 0.15) is 9.67 Å². The van der Waals surface area contributed by atoms with E-state index in [0.717, 1.165) is 22.0 Å². The lowest BCUT2D eigenvalue weighted by molar-refractivity contribution is 0.0967. The molecule has 0 spiro atoms. The highest BCUT2D eigenvalue weighted by Crippen LogP contribution is 2.35. The molecule has 0 unspecified atom stereocenters. The van der Waals surface area contributed by atoms with Gasteiger partial charge in [0, 0.05) is 36.0 Å². The van der Waals surface area contributed by atoms with Crippen molar-refractivity contribution >= 4 is 39.1 Å². The van der Waals surface area contributed by atoms with Gasteiger partial charge in [-0.3, -0.25) is 9.78 Å². The Bertz CT molecular complexity index is 1470. The lowest BCUT2D eigenvalue weighted by Gasteiger charge is -2.10. The van der Waals surface area contributed by atoms with Crippen molar-refractivity contribution in [3.05, 3.63) is 77.9 Å². The molecule has 0 saturated carbocycles. The lowest BCUT2D eigenvalue weighted by atomic mass is 10.1. The first-order valence-corrected chi connectivity index (χ1v) is 11.3. The van der Waals surface area contributed by atoms with Gasteiger partial charge < -0.3 is 15.4 Å². The number of ether oxygens (including phenoxy) is 1. The normalized spacial score (nSPS) is 10.8. The van der Waals surface area contributed by atoms with Crippen molar-refractivity contribution in [1.82, 2.24) is 25.3 Å². The predicted octanol–water partition coefficient (Wildman–Crippen LogP) is 4.93. The summed E-state index contributed by atoms with van der Waals surface area (Å²) in [6.07, 6.45) is 3.42. The van der Waals surface area contributed by atoms with E-state index in [2.05, 4.69) is 15.6 Å². The van der Waals surface area contributed by atoms with Crippen LogP contribution in [0, 0.1) is 0 Å². The number of nitrogens with zero attached hydrogens (tertiary/aromatic N) is 4. The van der Waals surface area contributed by atoms with Gasteiger partial charge in [0.05, 0.1) is 18.3 Å². The number of nitrogens with one attached hydrogen (secondary N) is 2. The van der Waals surface area contributed by atoms with Crippen molar-refractivity contribution in [2.75, 3.05) is 19.5 Å². The maximum absolute atomic E-state index is 12.6. The number of aromatic nitrogens is 4. The van der Waals surface area contributed by atoms with Crippen molar-refractivity contribution in [3.63, 3.8) is 0 Å². The van der Waals surface area contributed by atoms with Crippen molar-refractivity contribution < 1.29 is 9.53 Å². The summed E-state index contributed by atoms with van der Waals surface area (Å²) in [6, 6.07) is 19.0. The number of hydrogen-bond acceptors (Lipinski definition) is 8. The highest BCUT2D eigenvalue weighted by molar-refractivity contribution is 7.18. The van der Waals surface area contributed by atoms with Gasteiger partial charge in [-0.25, -0.2) is 15.0 Å². The topological polar surface area (TPSA) is 102 Å². The third-order valence-electron chi connectivity index (χ3n) is 5.16. The Kier molecular flexibility index (Phi) is 5.84. The number of anilines is 2. The van der Waals surface area contributed by atoms with Gasteiger partial charge >= 0.3 is 0 Å². The summed E-state index contributed by atoms with van der Waals surface area (Å²) in [5.41, 5.74) is 2.99. The van der Waals surface area contributed by atoms with Gasteiger partial charge in [0.2, 0.25) is 0 Å². The first-order chi connectivity index (χ1) is 16.7. The zero-order valence-electron chi connectivity index (χ0n) is 18.4. The second-order valence-corrected chi connectivity index (χ2v) is 8.29. The fourth-order valence-corrected chi connectivity index (χ4v) is 4.42. The van der Waals surface area contributed by atoms with E-state index in [1.54, 1.807) is 26.6 Å². The number of methoxy groups -OCH3 is 1. The van der Waals surface area contributed by atoms with Crippen LogP contribution >= 0.6 is 11.3 Å². The molecule has 0 saturated heterocycles. The molecule has 2 N–H and O–H groups in total. The molecule has 0 radical (unpaired) electrons. The molecule has 3 heterocycles. The molecule has 168 valence electrons. The van der Waals surface area contributed by atoms with Gasteiger partial charge in [-0.15, -0.1) is 0 Å². The van der Waals surface area contributed by atoms with Gasteiger partial charge in [0.1, 0.15) is 16.4 Å². The van der Waals surface area contributed by atoms with E-state index < -0.39 is 0 Å². The van der Waals surface area contributed by atoms with E-state index in [1.807, 2.05) is 60.7 Å². The Labute approximate surface area is 199 Å². The van der Waals surface area contributed by atoms with Crippen LogP contribution in [0.25, 0.3) is 33.5 Å². The van der Waals surface area contributed by atoms with Gasteiger partial charge in [-0.2, -0.15) is 0 Å². The molecule has 5 aromatic rings. The standard InChI is InChI=1S/C25H20N6O2S/c1-26-24(32)21-20(15-7-4-3-5-8-15)29-25(34-21)31-23-18-13-17(33-2)10-11-19(18)28-22(30-23)16-9-6-12-27-14-16/h3-14H,1-2H3,(H,26,32)(H,28,29,30,31). The highest BCUT2D eigenvalue weighted by atomic mass is 32.1. The number of fused-ring (bicyclic) bond motifs is 1. The van der Waals surface area contributed by atoms with Gasteiger partial charge in [0.25, 0.3) is 5.91 Å². The molecule has 8 nitrogen and oxygen atoms in total. The van der Waals surface area contributed by atoms with Crippen LogP contribution in [0.4, 0.5) is 10.9 Å². The number of hydrogen-bond donors (Lipinski definition) is 2. The Morgan fingerprint density at radius 1 is 0.971 bits per heavy atom. The van der Waals surface area contributed by atoms with Crippen LogP contribution in [0.3, 0.4) is 0 Å². The molecule has 5 rings (SSSR count). The number of carbonyl (C=O) groups excluding carboxylic acids is 1. The predicted molar refractivity (Wildman–Crippen MR) is 134 cm³/mol. The number of thiazole rings is 1. The molecule has 1 amide bonds. The molecule has 9 heteroatoms. The lowest BCUT2D eigenvalue weighted by Crippen LogP contribution is -2.17. The first-order valence-electron chi connectivity index (χ1n) is 10.5. The zero-order chi connectivity index (χ0) is 23.5. The van der Waals surface area contributed by atoms with E-state index in [0.29, 0.717) is 33.1 Å². The highest BCUT2D eigenvalue weighted by Gasteiger charge is 2.20. The fraction of sp³-hybridized carbons (Fsp3) is 0.0800. The maximum atomic E-state index is 12.6. The van der Waals surface area contributed by atoms with E-state index in [4.69, 9.17) is 19.7 Å². The minimum atomic E-state index is -0.199. The summed E-state index contributed by atoms with van der Waals surface area (Å²) in [6.45, 7) is 0. The Morgan fingerprint density at radius 2 is 1.79 bits per heavy atom. The molecular weight excluding hydrogens is 448 g/mol. The van der Waals surface area contributed by atoms with Crippen LogP contribution in [0.15, 0.2) is 73.1 Å². The van der Waals surface area contributed by atoms with E-state index in [-0.39, 0.29) is 5.91 Å². The molecule has 0 aliphatic heterocycles. The molecule has 0 aliphatic rings. The minimum absolute atomic E-state index is 0.199. The van der Waals surface area contributed by atoms with Gasteiger partial charge in [-0.1, -0.05) is 41.7 Å². The molecule has 34 heavy (non-hydrogen) atoms. The summed E-state index contributed by atoms with van der Waals surface area (Å²) < 4.78 is 5.41. The van der Waals surface area contributed by atoms with Crippen LogP contribution < -0.4 is 15.4 Å². The Hall–Kier alpha value is -4.37. The number of pyridine rings is 1. The Balaban J connectivity index is 1.64. The molecule has 2 aromatic carbocycles. The minimum Gasteiger partial charge on any atom is -0.497 e. The van der Waals surface area contributed by atoms with Crippen LogP contribution in [0.2, 0.25) is 0 Å². The second-order valence-electron chi connectivity index (χ2n) is 7.29. The second kappa shape index (κ2) is 9.24. The van der Waals surface area contributed by atoms with E-state index in [1.165, 1.54) is 11.3 Å². The third kappa shape index (κ3) is 4.16. The maximum Gasteiger partial charge on any atom is 0.263 e. The smallest absolute Gasteiger partial charge is 0.263 e. The molecule has 0 fully saturated rings. The van der Waals surface area contributed by atoms with Crippen LogP contribution in [-0.4, -0.2) is 40.0 Å². The van der Waals surface area contributed by atoms with Crippen molar-refractivity contribution in [2.24, 2.45) is 0 Å². The van der Waals surface area contributed by atoms with Gasteiger partial charge in [0.15, 0.2) is 11.0 Å². The number of benzene rings is 2. The van der Waals surface area contributed by atoms with Crippen molar-refractivity contribution in [3.8, 4) is 28.4 Å². The van der Waals surface area contributed by atoms with Crippen LogP contribution in [-0.2, 0) is 0 Å². The quantitative estimate of drug-likeness (QED) is 0.364. The summed E-state index contributed by atoms with van der Waals surface area (Å²) in [7, 11) is 3.22. The van der Waals surface area contributed by atoms with Crippen LogP contribution in [0.5, 0.6) is 5.75 Å². The fourth-order valence-electron chi connectivity index (χ4n) is 3.49. The molecule has 0 aliphatic carbocycles. The Morgan fingerprint density at radius 3 is 2.53 bits per heavy atom. The SMILES string of the molecule is CNC(=O)c1sc(Nc2nc(-c3cccnc3)nc3ccc(OC)cc23)nc1-c1ccccc1. The monoisotopic (exact) mass is 468 g/mol. The van der Waals surface area contributed by atoms with Crippen molar-refractivity contribution in [2.45, 2.75) is 0 Å². The van der Waals surface area contributed by atoms with E-state index >= 15 is 0 Å². The first kappa shape index (κ1) is 21.5. The summed E-state index contributed by atoms with van der Waals surface area (Å²) in [5.74, 6) is 1.57. The summed E-state index contributed by atoms with van der Waals surface area (Å²) >= 11 is 1.26. The number of rotatable bonds is 6. The zero-order valence-corrected chi connectivity index (χ0v) is 19.3.